The fourth-order valence-corrected chi connectivity index (χ4v) is 2.73. The summed E-state index contributed by atoms with van der Waals surface area (Å²) in [4.78, 5) is 14.3. The maximum atomic E-state index is 12.4. The highest BCUT2D eigenvalue weighted by Crippen LogP contribution is 2.27. The number of hydrogen-bond acceptors (Lipinski definition) is 4. The molecule has 3 unspecified atom stereocenters. The van der Waals surface area contributed by atoms with Crippen molar-refractivity contribution >= 4 is 5.91 Å². The smallest absolute Gasteiger partial charge is 0.241 e. The van der Waals surface area contributed by atoms with Crippen LogP contribution in [0.2, 0.25) is 0 Å². The summed E-state index contributed by atoms with van der Waals surface area (Å²) in [5.74, 6) is 0.490. The van der Waals surface area contributed by atoms with Gasteiger partial charge < -0.3 is 14.4 Å². The Morgan fingerprint density at radius 1 is 1.61 bits per heavy atom. The van der Waals surface area contributed by atoms with Gasteiger partial charge in [-0.3, -0.25) is 10.1 Å². The second kappa shape index (κ2) is 5.15. The van der Waals surface area contributed by atoms with Crippen molar-refractivity contribution in [1.29, 1.82) is 0 Å². The lowest BCUT2D eigenvalue weighted by molar-refractivity contribution is -0.135. The normalized spacial score (nSPS) is 36.9. The molecule has 1 N–H and O–H groups in total. The highest BCUT2D eigenvalue weighted by molar-refractivity contribution is 5.84. The van der Waals surface area contributed by atoms with Crippen LogP contribution in [0.5, 0.6) is 0 Å². The third-order valence-electron chi connectivity index (χ3n) is 4.06. The molecule has 2 fully saturated rings. The Kier molecular flexibility index (Phi) is 3.94. The number of carbonyl (C=O) groups is 1. The molecule has 2 heterocycles. The average Bonchev–Trinajstić information content (AvgIpc) is 2.90. The molecule has 2 saturated heterocycles. The largest absolute Gasteiger partial charge is 0.378 e. The van der Waals surface area contributed by atoms with Gasteiger partial charge in [-0.15, -0.1) is 0 Å². The number of nitrogens with one attached hydrogen (secondary N) is 1. The van der Waals surface area contributed by atoms with Gasteiger partial charge in [0.25, 0.3) is 0 Å². The molecule has 0 saturated carbocycles. The zero-order valence-corrected chi connectivity index (χ0v) is 11.7. The first-order chi connectivity index (χ1) is 8.49. The Balaban J connectivity index is 2.07. The molecule has 2 aliphatic heterocycles. The maximum Gasteiger partial charge on any atom is 0.241 e. The molecule has 5 heteroatoms. The molecule has 0 radical (unpaired) electrons. The van der Waals surface area contributed by atoms with Gasteiger partial charge in [0, 0.05) is 20.1 Å². The van der Waals surface area contributed by atoms with E-state index >= 15 is 0 Å². The molecule has 5 nitrogen and oxygen atoms in total. The van der Waals surface area contributed by atoms with Crippen LogP contribution in [0.4, 0.5) is 0 Å². The second-order valence-electron chi connectivity index (χ2n) is 5.72. The molecule has 0 aromatic heterocycles. The minimum Gasteiger partial charge on any atom is -0.378 e. The summed E-state index contributed by atoms with van der Waals surface area (Å²) in [6, 6.07) is -0.0729. The van der Waals surface area contributed by atoms with Crippen molar-refractivity contribution in [2.75, 3.05) is 26.9 Å². The van der Waals surface area contributed by atoms with Gasteiger partial charge in [0.05, 0.1) is 25.4 Å². The molecule has 0 aromatic rings. The Morgan fingerprint density at radius 3 is 2.78 bits per heavy atom. The highest BCUT2D eigenvalue weighted by atomic mass is 16.5. The predicted octanol–water partition coefficient (Wildman–Crippen LogP) is 0.594. The number of ether oxygens (including phenoxy) is 2. The molecule has 0 aliphatic carbocycles. The van der Waals surface area contributed by atoms with Crippen molar-refractivity contribution in [2.45, 2.75) is 45.0 Å². The number of nitrogens with zero attached hydrogens (tertiary/aromatic N) is 1. The van der Waals surface area contributed by atoms with E-state index in [1.165, 1.54) is 0 Å². The minimum absolute atomic E-state index is 0.0672. The van der Waals surface area contributed by atoms with Crippen molar-refractivity contribution in [2.24, 2.45) is 5.92 Å². The molecule has 18 heavy (non-hydrogen) atoms. The highest BCUT2D eigenvalue weighted by Gasteiger charge is 2.44. The Bertz CT molecular complexity index is 313. The van der Waals surface area contributed by atoms with Crippen LogP contribution in [-0.2, 0) is 14.3 Å². The number of rotatable bonds is 4. The van der Waals surface area contributed by atoms with E-state index in [1.54, 1.807) is 7.11 Å². The van der Waals surface area contributed by atoms with Gasteiger partial charge in [-0.05, 0) is 12.8 Å². The summed E-state index contributed by atoms with van der Waals surface area (Å²) in [6.45, 7) is 8.06. The SMILES string of the molecule is COC1(CN2C(=O)C(C(C)C)NC2C)CCOC1. The van der Waals surface area contributed by atoms with E-state index in [-0.39, 0.29) is 23.7 Å². The van der Waals surface area contributed by atoms with Gasteiger partial charge >= 0.3 is 0 Å². The number of hydrogen-bond donors (Lipinski definition) is 1. The topological polar surface area (TPSA) is 50.8 Å². The lowest BCUT2D eigenvalue weighted by Gasteiger charge is -2.32. The summed E-state index contributed by atoms with van der Waals surface area (Å²) >= 11 is 0. The van der Waals surface area contributed by atoms with Crippen LogP contribution in [0.25, 0.3) is 0 Å². The van der Waals surface area contributed by atoms with Crippen molar-refractivity contribution in [1.82, 2.24) is 10.2 Å². The van der Waals surface area contributed by atoms with Crippen LogP contribution < -0.4 is 5.32 Å². The molecule has 104 valence electrons. The van der Waals surface area contributed by atoms with E-state index in [0.717, 1.165) is 6.42 Å². The van der Waals surface area contributed by atoms with E-state index in [2.05, 4.69) is 19.2 Å². The van der Waals surface area contributed by atoms with Crippen LogP contribution in [0.1, 0.15) is 27.2 Å². The zero-order chi connectivity index (χ0) is 13.3. The molecular weight excluding hydrogens is 232 g/mol. The van der Waals surface area contributed by atoms with Crippen molar-refractivity contribution in [3.05, 3.63) is 0 Å². The summed E-state index contributed by atoms with van der Waals surface area (Å²) in [7, 11) is 1.70. The average molecular weight is 256 g/mol. The van der Waals surface area contributed by atoms with Crippen molar-refractivity contribution in [3.8, 4) is 0 Å². The molecular formula is C13H24N2O3. The third kappa shape index (κ3) is 2.39. The van der Waals surface area contributed by atoms with Gasteiger partial charge in [-0.25, -0.2) is 0 Å². The minimum atomic E-state index is -0.322. The number of carbonyl (C=O) groups excluding carboxylic acids is 1. The molecule has 3 atom stereocenters. The van der Waals surface area contributed by atoms with Crippen LogP contribution in [0, 0.1) is 5.92 Å². The van der Waals surface area contributed by atoms with Gasteiger partial charge in [-0.1, -0.05) is 13.8 Å². The summed E-state index contributed by atoms with van der Waals surface area (Å²) < 4.78 is 11.0. The van der Waals surface area contributed by atoms with E-state index in [4.69, 9.17) is 9.47 Å². The van der Waals surface area contributed by atoms with Gasteiger partial charge in [-0.2, -0.15) is 0 Å². The van der Waals surface area contributed by atoms with Crippen LogP contribution in [0.15, 0.2) is 0 Å². The van der Waals surface area contributed by atoms with Crippen molar-refractivity contribution < 1.29 is 14.3 Å². The standard InChI is InChI=1S/C13H24N2O3/c1-9(2)11-12(16)15(10(3)14-11)7-13(17-4)5-6-18-8-13/h9-11,14H,5-8H2,1-4H3. The van der Waals surface area contributed by atoms with E-state index < -0.39 is 0 Å². The van der Waals surface area contributed by atoms with E-state index in [0.29, 0.717) is 25.7 Å². The zero-order valence-electron chi connectivity index (χ0n) is 11.7. The lowest BCUT2D eigenvalue weighted by Crippen LogP contribution is -2.49. The first-order valence-corrected chi connectivity index (χ1v) is 6.68. The molecule has 0 bridgehead atoms. The van der Waals surface area contributed by atoms with E-state index in [1.807, 2.05) is 11.8 Å². The van der Waals surface area contributed by atoms with Crippen LogP contribution in [0.3, 0.4) is 0 Å². The third-order valence-corrected chi connectivity index (χ3v) is 4.06. The van der Waals surface area contributed by atoms with Gasteiger partial charge in [0.2, 0.25) is 5.91 Å². The number of methoxy groups -OCH3 is 1. The first-order valence-electron chi connectivity index (χ1n) is 6.68. The predicted molar refractivity (Wildman–Crippen MR) is 68.1 cm³/mol. The molecule has 1 amide bonds. The summed E-state index contributed by atoms with van der Waals surface area (Å²) in [6.07, 6.45) is 0.921. The second-order valence-corrected chi connectivity index (χ2v) is 5.72. The van der Waals surface area contributed by atoms with Crippen LogP contribution in [-0.4, -0.2) is 55.5 Å². The van der Waals surface area contributed by atoms with Crippen molar-refractivity contribution in [3.63, 3.8) is 0 Å². The fraction of sp³-hybridized carbons (Fsp3) is 0.923. The number of amides is 1. The lowest BCUT2D eigenvalue weighted by atomic mass is 10.0. The quantitative estimate of drug-likeness (QED) is 0.800. The molecule has 0 spiro atoms. The Hall–Kier alpha value is -0.650. The fourth-order valence-electron chi connectivity index (χ4n) is 2.73. The van der Waals surface area contributed by atoms with Crippen LogP contribution >= 0.6 is 0 Å². The molecule has 0 aromatic carbocycles. The Labute approximate surface area is 109 Å². The summed E-state index contributed by atoms with van der Waals surface area (Å²) in [5, 5.41) is 3.35. The molecule has 2 rings (SSSR count). The maximum absolute atomic E-state index is 12.4. The Morgan fingerprint density at radius 2 is 2.33 bits per heavy atom. The van der Waals surface area contributed by atoms with E-state index in [9.17, 15) is 4.79 Å². The van der Waals surface area contributed by atoms with Gasteiger partial charge in [0.1, 0.15) is 5.60 Å². The van der Waals surface area contributed by atoms with Gasteiger partial charge in [0.15, 0.2) is 0 Å². The first kappa shape index (κ1) is 13.8. The summed E-state index contributed by atoms with van der Waals surface area (Å²) in [5.41, 5.74) is -0.322. The monoisotopic (exact) mass is 256 g/mol. The molecule has 2 aliphatic rings.